The van der Waals surface area contributed by atoms with Crippen LogP contribution in [-0.4, -0.2) is 58.9 Å². The normalized spacial score (nSPS) is 23.2. The van der Waals surface area contributed by atoms with Crippen molar-refractivity contribution in [3.63, 3.8) is 0 Å². The lowest BCUT2D eigenvalue weighted by atomic mass is 10.0. The quantitative estimate of drug-likeness (QED) is 0.631. The fourth-order valence-corrected chi connectivity index (χ4v) is 3.79. The number of piperidine rings is 2. The zero-order chi connectivity index (χ0) is 19.0. The van der Waals surface area contributed by atoms with Gasteiger partial charge in [0.05, 0.1) is 17.3 Å². The number of fused-ring (bicyclic) bond motifs is 1. The number of amides is 4. The minimum atomic E-state index is -0.956. The number of imide groups is 2. The largest absolute Gasteiger partial charge is 0.297 e. The van der Waals surface area contributed by atoms with Crippen LogP contribution < -0.4 is 5.32 Å². The summed E-state index contributed by atoms with van der Waals surface area (Å²) in [4.78, 5) is 50.2. The summed E-state index contributed by atoms with van der Waals surface area (Å²) < 4.78 is 0. The van der Waals surface area contributed by atoms with E-state index in [2.05, 4.69) is 10.4 Å². The highest BCUT2D eigenvalue weighted by molar-refractivity contribution is 6.25. The molecular weight excluding hydrogens is 348 g/mol. The van der Waals surface area contributed by atoms with Crippen molar-refractivity contribution >= 4 is 29.8 Å². The molecule has 140 valence electrons. The average Bonchev–Trinajstić information content (AvgIpc) is 2.93. The summed E-state index contributed by atoms with van der Waals surface area (Å²) in [5, 5.41) is 8.62. The maximum absolute atomic E-state index is 13.0. The van der Waals surface area contributed by atoms with Gasteiger partial charge in [-0.1, -0.05) is 12.1 Å². The molecule has 8 nitrogen and oxygen atoms in total. The van der Waals surface area contributed by atoms with E-state index in [1.165, 1.54) is 6.42 Å². The van der Waals surface area contributed by atoms with Crippen LogP contribution in [0.25, 0.3) is 0 Å². The predicted octanol–water partition coefficient (Wildman–Crippen LogP) is 0.908. The molecule has 3 heterocycles. The Morgan fingerprint density at radius 1 is 1.04 bits per heavy atom. The zero-order valence-electron chi connectivity index (χ0n) is 14.8. The number of benzene rings is 1. The second kappa shape index (κ2) is 6.94. The van der Waals surface area contributed by atoms with Crippen LogP contribution >= 0.6 is 0 Å². The first-order valence-electron chi connectivity index (χ1n) is 9.20. The van der Waals surface area contributed by atoms with Gasteiger partial charge >= 0.3 is 0 Å². The van der Waals surface area contributed by atoms with Gasteiger partial charge in [-0.15, -0.1) is 0 Å². The Hall–Kier alpha value is -3.03. The molecule has 0 bridgehead atoms. The van der Waals surface area contributed by atoms with Crippen LogP contribution in [-0.2, 0) is 9.59 Å². The molecule has 1 unspecified atom stereocenters. The molecular formula is C19H20N4O4. The maximum Gasteiger partial charge on any atom is 0.262 e. The summed E-state index contributed by atoms with van der Waals surface area (Å²) in [6, 6.07) is 4.07. The van der Waals surface area contributed by atoms with Crippen molar-refractivity contribution in [2.45, 2.75) is 38.1 Å². The minimum absolute atomic E-state index is 0.104. The SMILES string of the molecule is O=C1CCC(N2C(=O)c3cccc(C=NN4CCCCC4)c3C2=O)C(=O)N1. The Morgan fingerprint density at radius 2 is 1.81 bits per heavy atom. The highest BCUT2D eigenvalue weighted by atomic mass is 16.2. The summed E-state index contributed by atoms with van der Waals surface area (Å²) >= 11 is 0. The van der Waals surface area contributed by atoms with Crippen LogP contribution in [0.5, 0.6) is 0 Å². The number of hydrogen-bond acceptors (Lipinski definition) is 6. The van der Waals surface area contributed by atoms with E-state index in [1.54, 1.807) is 24.4 Å². The molecule has 1 N–H and O–H groups in total. The van der Waals surface area contributed by atoms with Gasteiger partial charge in [0.1, 0.15) is 6.04 Å². The molecule has 0 radical (unpaired) electrons. The number of nitrogens with zero attached hydrogens (tertiary/aromatic N) is 3. The lowest BCUT2D eigenvalue weighted by molar-refractivity contribution is -0.136. The van der Waals surface area contributed by atoms with Crippen LogP contribution in [0.2, 0.25) is 0 Å². The summed E-state index contributed by atoms with van der Waals surface area (Å²) in [5.74, 6) is -2.01. The molecule has 0 aromatic heterocycles. The van der Waals surface area contributed by atoms with Gasteiger partial charge in [-0.2, -0.15) is 5.10 Å². The van der Waals surface area contributed by atoms with Crippen LogP contribution in [0.1, 0.15) is 58.4 Å². The Bertz CT molecular complexity index is 857. The van der Waals surface area contributed by atoms with E-state index < -0.39 is 23.8 Å². The van der Waals surface area contributed by atoms with Crippen LogP contribution in [0.15, 0.2) is 23.3 Å². The molecule has 0 saturated carbocycles. The van der Waals surface area contributed by atoms with E-state index >= 15 is 0 Å². The summed E-state index contributed by atoms with van der Waals surface area (Å²) in [7, 11) is 0. The van der Waals surface area contributed by atoms with Crippen molar-refractivity contribution in [1.29, 1.82) is 0 Å². The third-order valence-electron chi connectivity index (χ3n) is 5.19. The fourth-order valence-electron chi connectivity index (χ4n) is 3.79. The minimum Gasteiger partial charge on any atom is -0.297 e. The number of nitrogens with one attached hydrogen (secondary N) is 1. The number of rotatable bonds is 3. The van der Waals surface area contributed by atoms with Gasteiger partial charge in [0.25, 0.3) is 11.8 Å². The van der Waals surface area contributed by atoms with Crippen LogP contribution in [0.3, 0.4) is 0 Å². The number of carbonyl (C=O) groups is 4. The van der Waals surface area contributed by atoms with Gasteiger partial charge in [-0.25, -0.2) is 0 Å². The van der Waals surface area contributed by atoms with Crippen molar-refractivity contribution in [2.75, 3.05) is 13.1 Å². The highest BCUT2D eigenvalue weighted by Gasteiger charge is 2.45. The third kappa shape index (κ3) is 3.11. The van der Waals surface area contributed by atoms with Crippen molar-refractivity contribution < 1.29 is 19.2 Å². The van der Waals surface area contributed by atoms with Crippen molar-refractivity contribution in [2.24, 2.45) is 5.10 Å². The van der Waals surface area contributed by atoms with E-state index in [0.717, 1.165) is 30.8 Å². The van der Waals surface area contributed by atoms with Gasteiger partial charge < -0.3 is 0 Å². The first-order valence-corrected chi connectivity index (χ1v) is 9.20. The fraction of sp³-hybridized carbons (Fsp3) is 0.421. The van der Waals surface area contributed by atoms with Crippen molar-refractivity contribution in [3.05, 3.63) is 34.9 Å². The van der Waals surface area contributed by atoms with Crippen LogP contribution in [0, 0.1) is 0 Å². The number of hydrazone groups is 1. The Kier molecular flexibility index (Phi) is 4.47. The molecule has 1 aromatic carbocycles. The molecule has 0 spiro atoms. The molecule has 2 saturated heterocycles. The predicted molar refractivity (Wildman–Crippen MR) is 96.1 cm³/mol. The van der Waals surface area contributed by atoms with E-state index in [9.17, 15) is 19.2 Å². The molecule has 2 fully saturated rings. The lowest BCUT2D eigenvalue weighted by Crippen LogP contribution is -2.54. The standard InChI is InChI=1S/C19H20N4O4/c24-15-8-7-14(17(25)21-15)23-18(26)13-6-4-5-12(16(13)19(23)27)11-20-22-9-2-1-3-10-22/h4-6,11,14H,1-3,7-10H2,(H,21,24,25). The maximum atomic E-state index is 13.0. The van der Waals surface area contributed by atoms with E-state index in [4.69, 9.17) is 0 Å². The van der Waals surface area contributed by atoms with E-state index in [0.29, 0.717) is 5.56 Å². The van der Waals surface area contributed by atoms with Crippen LogP contribution in [0.4, 0.5) is 0 Å². The van der Waals surface area contributed by atoms with Gasteiger partial charge in [-0.3, -0.25) is 34.4 Å². The Morgan fingerprint density at radius 3 is 2.56 bits per heavy atom. The zero-order valence-corrected chi connectivity index (χ0v) is 14.8. The molecule has 4 rings (SSSR count). The first-order chi connectivity index (χ1) is 13.1. The van der Waals surface area contributed by atoms with E-state index in [1.807, 2.05) is 5.01 Å². The van der Waals surface area contributed by atoms with Crippen molar-refractivity contribution in [1.82, 2.24) is 15.2 Å². The second-order valence-electron chi connectivity index (χ2n) is 6.98. The third-order valence-corrected chi connectivity index (χ3v) is 5.19. The van der Waals surface area contributed by atoms with Gasteiger partial charge in [0.15, 0.2) is 0 Å². The molecule has 3 aliphatic heterocycles. The Labute approximate surface area is 156 Å². The number of carbonyl (C=O) groups excluding carboxylic acids is 4. The highest BCUT2D eigenvalue weighted by Crippen LogP contribution is 2.29. The van der Waals surface area contributed by atoms with Crippen molar-refractivity contribution in [3.8, 4) is 0 Å². The summed E-state index contributed by atoms with van der Waals surface area (Å²) in [6.07, 6.45) is 5.24. The molecule has 3 aliphatic rings. The van der Waals surface area contributed by atoms with E-state index in [-0.39, 0.29) is 29.9 Å². The topological polar surface area (TPSA) is 99.2 Å². The monoisotopic (exact) mass is 368 g/mol. The van der Waals surface area contributed by atoms with Gasteiger partial charge in [0.2, 0.25) is 11.8 Å². The molecule has 27 heavy (non-hydrogen) atoms. The average molecular weight is 368 g/mol. The molecule has 0 aliphatic carbocycles. The molecule has 8 heteroatoms. The van der Waals surface area contributed by atoms with Gasteiger partial charge in [0, 0.05) is 25.1 Å². The summed E-state index contributed by atoms with van der Waals surface area (Å²) in [6.45, 7) is 1.75. The Balaban J connectivity index is 1.62. The van der Waals surface area contributed by atoms with Gasteiger partial charge in [-0.05, 0) is 31.7 Å². The number of hydrogen-bond donors (Lipinski definition) is 1. The molecule has 1 atom stereocenters. The molecule has 1 aromatic rings. The lowest BCUT2D eigenvalue weighted by Gasteiger charge is -2.27. The smallest absolute Gasteiger partial charge is 0.262 e. The second-order valence-corrected chi connectivity index (χ2v) is 6.98. The molecule has 4 amide bonds. The first kappa shape index (κ1) is 17.4. The summed E-state index contributed by atoms with van der Waals surface area (Å²) in [5.41, 5.74) is 1.10.